The van der Waals surface area contributed by atoms with E-state index >= 15 is 0 Å². The summed E-state index contributed by atoms with van der Waals surface area (Å²) < 4.78 is 16.9. The van der Waals surface area contributed by atoms with E-state index in [2.05, 4.69) is 0 Å². The predicted octanol–water partition coefficient (Wildman–Crippen LogP) is 1.37. The molecule has 1 heterocycles. The first-order valence-electron chi connectivity index (χ1n) is 7.85. The number of ether oxygens (including phenoxy) is 3. The van der Waals surface area contributed by atoms with Gasteiger partial charge < -0.3 is 14.2 Å². The van der Waals surface area contributed by atoms with Gasteiger partial charge in [0.1, 0.15) is 5.60 Å². The first-order valence-corrected chi connectivity index (χ1v) is 7.85. The van der Waals surface area contributed by atoms with E-state index < -0.39 is 23.2 Å². The van der Waals surface area contributed by atoms with Crippen molar-refractivity contribution in [3.05, 3.63) is 42.5 Å². The molecule has 4 atom stereocenters. The summed E-state index contributed by atoms with van der Waals surface area (Å²) in [5, 5.41) is 0. The van der Waals surface area contributed by atoms with Crippen LogP contribution in [0.4, 0.5) is 5.69 Å². The van der Waals surface area contributed by atoms with Crippen LogP contribution in [0, 0.1) is 17.8 Å². The molecule has 24 heavy (non-hydrogen) atoms. The number of imide groups is 1. The highest BCUT2D eigenvalue weighted by Crippen LogP contribution is 2.68. The van der Waals surface area contributed by atoms with E-state index in [0.717, 1.165) is 0 Å². The Kier molecular flexibility index (Phi) is 3.22. The average molecular weight is 329 g/mol. The van der Waals surface area contributed by atoms with Crippen molar-refractivity contribution in [2.24, 2.45) is 17.8 Å². The molecule has 0 N–H and O–H groups in total. The van der Waals surface area contributed by atoms with Crippen molar-refractivity contribution in [3.8, 4) is 0 Å². The largest absolute Gasteiger partial charge is 0.371 e. The maximum Gasteiger partial charge on any atom is 0.241 e. The van der Waals surface area contributed by atoms with Crippen molar-refractivity contribution >= 4 is 17.5 Å². The standard InChI is InChI=1S/C18H19NO5/c1-22-17-13(18(17,23-2)24-3)10-9-12-14(17)16(21)19(15(12)20)11-7-5-4-6-8-11/h4-10,12-14H,1-3H3. The van der Waals surface area contributed by atoms with E-state index in [4.69, 9.17) is 14.2 Å². The minimum Gasteiger partial charge on any atom is -0.371 e. The van der Waals surface area contributed by atoms with Crippen LogP contribution in [0.3, 0.4) is 0 Å². The zero-order valence-corrected chi connectivity index (χ0v) is 13.8. The van der Waals surface area contributed by atoms with Crippen molar-refractivity contribution in [1.29, 1.82) is 0 Å². The molecule has 4 rings (SSSR count). The number of methoxy groups -OCH3 is 3. The summed E-state index contributed by atoms with van der Waals surface area (Å²) in [6, 6.07) is 8.94. The number of fused-ring (bicyclic) bond motifs is 3. The van der Waals surface area contributed by atoms with E-state index in [-0.39, 0.29) is 17.7 Å². The summed E-state index contributed by atoms with van der Waals surface area (Å²) in [6.07, 6.45) is 3.66. The smallest absolute Gasteiger partial charge is 0.241 e. The van der Waals surface area contributed by atoms with Gasteiger partial charge in [-0.25, -0.2) is 4.90 Å². The van der Waals surface area contributed by atoms with Gasteiger partial charge in [-0.15, -0.1) is 0 Å². The highest BCUT2D eigenvalue weighted by atomic mass is 16.7. The second-order valence-corrected chi connectivity index (χ2v) is 6.29. The molecule has 126 valence electrons. The van der Waals surface area contributed by atoms with Gasteiger partial charge >= 0.3 is 0 Å². The Morgan fingerprint density at radius 3 is 2.17 bits per heavy atom. The minimum atomic E-state index is -1.04. The molecule has 2 fully saturated rings. The van der Waals surface area contributed by atoms with Crippen LogP contribution in [-0.4, -0.2) is 44.5 Å². The Bertz CT molecular complexity index is 726. The molecule has 2 aliphatic carbocycles. The topological polar surface area (TPSA) is 65.1 Å². The Morgan fingerprint density at radius 2 is 1.58 bits per heavy atom. The van der Waals surface area contributed by atoms with Gasteiger partial charge in [0.25, 0.3) is 0 Å². The summed E-state index contributed by atoms with van der Waals surface area (Å²) in [7, 11) is 4.59. The maximum absolute atomic E-state index is 13.2. The van der Waals surface area contributed by atoms with Crippen molar-refractivity contribution in [2.75, 3.05) is 26.2 Å². The number of amides is 2. The molecule has 0 bridgehead atoms. The average Bonchev–Trinajstić information content (AvgIpc) is 3.14. The summed E-state index contributed by atoms with van der Waals surface area (Å²) in [5.74, 6) is -3.01. The van der Waals surface area contributed by atoms with Gasteiger partial charge in [0, 0.05) is 21.3 Å². The van der Waals surface area contributed by atoms with Crippen LogP contribution < -0.4 is 4.90 Å². The molecule has 1 aromatic carbocycles. The van der Waals surface area contributed by atoms with Gasteiger partial charge in [-0.2, -0.15) is 0 Å². The molecule has 1 aromatic rings. The SMILES string of the molecule is COC1(OC)C2C=CC3C(=O)N(c4ccccc4)C(=O)C3C21OC. The van der Waals surface area contributed by atoms with E-state index in [0.29, 0.717) is 5.69 Å². The molecule has 6 nitrogen and oxygen atoms in total. The Labute approximate surface area is 140 Å². The zero-order chi connectivity index (χ0) is 17.1. The van der Waals surface area contributed by atoms with Crippen molar-refractivity contribution < 1.29 is 23.8 Å². The highest BCUT2D eigenvalue weighted by Gasteiger charge is 2.87. The van der Waals surface area contributed by atoms with Crippen molar-refractivity contribution in [3.63, 3.8) is 0 Å². The van der Waals surface area contributed by atoms with Crippen LogP contribution in [0.5, 0.6) is 0 Å². The highest BCUT2D eigenvalue weighted by molar-refractivity contribution is 6.23. The summed E-state index contributed by atoms with van der Waals surface area (Å²) in [4.78, 5) is 27.3. The fraction of sp³-hybridized carbons (Fsp3) is 0.444. The van der Waals surface area contributed by atoms with Crippen LogP contribution >= 0.6 is 0 Å². The molecule has 1 aliphatic heterocycles. The van der Waals surface area contributed by atoms with Crippen molar-refractivity contribution in [2.45, 2.75) is 11.4 Å². The van der Waals surface area contributed by atoms with Gasteiger partial charge in [0.15, 0.2) is 0 Å². The van der Waals surface area contributed by atoms with E-state index in [1.54, 1.807) is 30.3 Å². The summed E-state index contributed by atoms with van der Waals surface area (Å²) in [5.41, 5.74) is -0.411. The number of hydrogen-bond acceptors (Lipinski definition) is 5. The zero-order valence-electron chi connectivity index (χ0n) is 13.8. The fourth-order valence-electron chi connectivity index (χ4n) is 4.58. The molecule has 0 radical (unpaired) electrons. The Morgan fingerprint density at radius 1 is 0.917 bits per heavy atom. The lowest BCUT2D eigenvalue weighted by molar-refractivity contribution is -0.196. The number of nitrogens with zero attached hydrogens (tertiary/aromatic N) is 1. The Hall–Kier alpha value is -2.02. The maximum atomic E-state index is 13.2. The van der Waals surface area contributed by atoms with Crippen molar-refractivity contribution in [1.82, 2.24) is 0 Å². The molecule has 3 aliphatic rings. The van der Waals surface area contributed by atoms with E-state index in [1.165, 1.54) is 26.2 Å². The third kappa shape index (κ3) is 1.51. The summed E-state index contributed by atoms with van der Waals surface area (Å²) in [6.45, 7) is 0. The van der Waals surface area contributed by atoms with Gasteiger partial charge in [-0.3, -0.25) is 9.59 Å². The molecular weight excluding hydrogens is 310 g/mol. The quantitative estimate of drug-likeness (QED) is 0.474. The molecule has 0 aromatic heterocycles. The molecule has 1 saturated carbocycles. The van der Waals surface area contributed by atoms with Crippen LogP contribution in [0.15, 0.2) is 42.5 Å². The van der Waals surface area contributed by atoms with Crippen LogP contribution in [0.2, 0.25) is 0 Å². The molecule has 6 heteroatoms. The lowest BCUT2D eigenvalue weighted by Crippen LogP contribution is -2.44. The number of hydrogen-bond donors (Lipinski definition) is 0. The van der Waals surface area contributed by atoms with E-state index in [1.807, 2.05) is 12.1 Å². The summed E-state index contributed by atoms with van der Waals surface area (Å²) >= 11 is 0. The van der Waals surface area contributed by atoms with E-state index in [9.17, 15) is 9.59 Å². The van der Waals surface area contributed by atoms with Gasteiger partial charge in [0.2, 0.25) is 17.6 Å². The molecule has 1 saturated heterocycles. The van der Waals surface area contributed by atoms with Crippen LogP contribution in [-0.2, 0) is 23.8 Å². The number of carbonyl (C=O) groups excluding carboxylic acids is 2. The number of carbonyl (C=O) groups is 2. The van der Waals surface area contributed by atoms with Crippen LogP contribution in [0.1, 0.15) is 0 Å². The number of anilines is 1. The lowest BCUT2D eigenvalue weighted by Gasteiger charge is -2.28. The monoisotopic (exact) mass is 329 g/mol. The lowest BCUT2D eigenvalue weighted by atomic mass is 9.82. The molecule has 2 amide bonds. The molecule has 4 unspecified atom stereocenters. The normalized spacial score (nSPS) is 35.8. The van der Waals surface area contributed by atoms with Gasteiger partial charge in [-0.1, -0.05) is 30.4 Å². The second-order valence-electron chi connectivity index (χ2n) is 6.29. The predicted molar refractivity (Wildman–Crippen MR) is 85.0 cm³/mol. The third-order valence-electron chi connectivity index (χ3n) is 5.62. The first kappa shape index (κ1) is 15.5. The number of para-hydroxylation sites is 1. The number of rotatable bonds is 4. The Balaban J connectivity index is 1.81. The van der Waals surface area contributed by atoms with Crippen LogP contribution in [0.25, 0.3) is 0 Å². The van der Waals surface area contributed by atoms with Gasteiger partial charge in [0.05, 0.1) is 23.4 Å². The minimum absolute atomic E-state index is 0.223. The van der Waals surface area contributed by atoms with Gasteiger partial charge in [-0.05, 0) is 12.1 Å². The molecular formula is C18H19NO5. The first-order chi connectivity index (χ1) is 11.6. The molecule has 0 spiro atoms. The third-order valence-corrected chi connectivity index (χ3v) is 5.62. The number of benzene rings is 1. The fourth-order valence-corrected chi connectivity index (χ4v) is 4.58. The second kappa shape index (κ2) is 4.99.